The van der Waals surface area contributed by atoms with Crippen molar-refractivity contribution in [1.29, 1.82) is 0 Å². The third-order valence-electron chi connectivity index (χ3n) is 2.97. The Morgan fingerprint density at radius 3 is 3.06 bits per heavy atom. The van der Waals surface area contributed by atoms with E-state index in [-0.39, 0.29) is 6.10 Å². The Hall–Kier alpha value is -1.88. The molecule has 1 aliphatic heterocycles. The molecule has 1 unspecified atom stereocenters. The van der Waals surface area contributed by atoms with E-state index >= 15 is 0 Å². The van der Waals surface area contributed by atoms with Gasteiger partial charge in [0.1, 0.15) is 12.4 Å². The van der Waals surface area contributed by atoms with Crippen molar-refractivity contribution in [3.05, 3.63) is 24.7 Å². The number of methoxy groups -OCH3 is 1. The second kappa shape index (κ2) is 4.78. The van der Waals surface area contributed by atoms with Crippen LogP contribution in [0.2, 0.25) is 0 Å². The quantitative estimate of drug-likeness (QED) is 0.826. The van der Waals surface area contributed by atoms with Gasteiger partial charge in [-0.25, -0.2) is 9.97 Å². The standard InChI is InChI=1S/C13H14N2O3/c1-16-12-4-9-6-14-8-15-11(9)5-13(12)18-10-2-3-17-7-10/h4-6,8,10H,2-3,7H2,1H3. The SMILES string of the molecule is COc1cc2cncnc2cc1OC1CCOC1. The smallest absolute Gasteiger partial charge is 0.163 e. The summed E-state index contributed by atoms with van der Waals surface area (Å²) in [7, 11) is 1.63. The van der Waals surface area contributed by atoms with Gasteiger partial charge in [0.15, 0.2) is 11.5 Å². The van der Waals surface area contributed by atoms with Gasteiger partial charge in [-0.05, 0) is 6.07 Å². The van der Waals surface area contributed by atoms with Gasteiger partial charge < -0.3 is 14.2 Å². The first-order valence-electron chi connectivity index (χ1n) is 5.89. The lowest BCUT2D eigenvalue weighted by atomic mass is 10.2. The number of hydrogen-bond donors (Lipinski definition) is 0. The first-order chi connectivity index (χ1) is 8.86. The molecule has 3 rings (SSSR count). The van der Waals surface area contributed by atoms with Gasteiger partial charge in [0.2, 0.25) is 0 Å². The zero-order valence-corrected chi connectivity index (χ0v) is 10.1. The van der Waals surface area contributed by atoms with Gasteiger partial charge in [-0.15, -0.1) is 0 Å². The van der Waals surface area contributed by atoms with E-state index in [9.17, 15) is 0 Å². The minimum Gasteiger partial charge on any atom is -0.493 e. The Morgan fingerprint density at radius 2 is 2.28 bits per heavy atom. The van der Waals surface area contributed by atoms with Gasteiger partial charge in [-0.1, -0.05) is 0 Å². The van der Waals surface area contributed by atoms with Gasteiger partial charge in [0.25, 0.3) is 0 Å². The molecular weight excluding hydrogens is 232 g/mol. The molecule has 1 aromatic carbocycles. The molecule has 18 heavy (non-hydrogen) atoms. The molecule has 5 heteroatoms. The molecule has 1 aliphatic rings. The summed E-state index contributed by atoms with van der Waals surface area (Å²) >= 11 is 0. The largest absolute Gasteiger partial charge is 0.493 e. The van der Waals surface area contributed by atoms with Crippen molar-refractivity contribution in [1.82, 2.24) is 9.97 Å². The normalized spacial score (nSPS) is 19.1. The van der Waals surface area contributed by atoms with Crippen molar-refractivity contribution in [3.8, 4) is 11.5 Å². The summed E-state index contributed by atoms with van der Waals surface area (Å²) in [4.78, 5) is 8.21. The number of aromatic nitrogens is 2. The lowest BCUT2D eigenvalue weighted by Crippen LogP contribution is -2.16. The monoisotopic (exact) mass is 246 g/mol. The summed E-state index contributed by atoms with van der Waals surface area (Å²) in [6, 6.07) is 3.77. The highest BCUT2D eigenvalue weighted by Crippen LogP contribution is 2.32. The molecule has 0 aliphatic carbocycles. The third kappa shape index (κ3) is 2.09. The second-order valence-electron chi connectivity index (χ2n) is 4.19. The fourth-order valence-corrected chi connectivity index (χ4v) is 2.03. The van der Waals surface area contributed by atoms with Crippen LogP contribution in [-0.2, 0) is 4.74 Å². The van der Waals surface area contributed by atoms with Crippen LogP contribution in [0.3, 0.4) is 0 Å². The van der Waals surface area contributed by atoms with Crippen LogP contribution in [0.25, 0.3) is 10.9 Å². The van der Waals surface area contributed by atoms with Gasteiger partial charge in [0, 0.05) is 24.1 Å². The molecule has 1 saturated heterocycles. The number of fused-ring (bicyclic) bond motifs is 1. The van der Waals surface area contributed by atoms with Crippen molar-refractivity contribution in [3.63, 3.8) is 0 Å². The van der Waals surface area contributed by atoms with Crippen LogP contribution < -0.4 is 9.47 Å². The third-order valence-corrected chi connectivity index (χ3v) is 2.97. The van der Waals surface area contributed by atoms with Crippen molar-refractivity contribution >= 4 is 10.9 Å². The number of rotatable bonds is 3. The van der Waals surface area contributed by atoms with Gasteiger partial charge in [-0.3, -0.25) is 0 Å². The summed E-state index contributed by atoms with van der Waals surface area (Å²) in [5, 5.41) is 0.935. The minimum atomic E-state index is 0.0955. The molecule has 1 aromatic heterocycles. The van der Waals surface area contributed by atoms with Crippen molar-refractivity contribution < 1.29 is 14.2 Å². The summed E-state index contributed by atoms with van der Waals surface area (Å²) < 4.78 is 16.5. The fourth-order valence-electron chi connectivity index (χ4n) is 2.03. The Kier molecular flexibility index (Phi) is 2.98. The number of hydrogen-bond acceptors (Lipinski definition) is 5. The van der Waals surface area contributed by atoms with E-state index in [1.807, 2.05) is 12.1 Å². The Balaban J connectivity index is 1.97. The second-order valence-corrected chi connectivity index (χ2v) is 4.19. The first-order valence-corrected chi connectivity index (χ1v) is 5.89. The summed E-state index contributed by atoms with van der Waals surface area (Å²) in [6.07, 6.45) is 4.29. The molecule has 2 heterocycles. The van der Waals surface area contributed by atoms with Gasteiger partial charge >= 0.3 is 0 Å². The molecule has 0 amide bonds. The predicted octanol–water partition coefficient (Wildman–Crippen LogP) is 1.81. The maximum Gasteiger partial charge on any atom is 0.163 e. The zero-order valence-electron chi connectivity index (χ0n) is 10.1. The zero-order chi connectivity index (χ0) is 12.4. The topological polar surface area (TPSA) is 53.5 Å². The molecule has 2 aromatic rings. The van der Waals surface area contributed by atoms with E-state index in [1.165, 1.54) is 6.33 Å². The molecule has 0 spiro atoms. The maximum atomic E-state index is 5.90. The van der Waals surface area contributed by atoms with E-state index in [2.05, 4.69) is 9.97 Å². The minimum absolute atomic E-state index is 0.0955. The molecule has 94 valence electrons. The molecule has 1 fully saturated rings. The summed E-state index contributed by atoms with van der Waals surface area (Å²) in [5.74, 6) is 1.41. The first kappa shape index (κ1) is 11.2. The number of ether oxygens (including phenoxy) is 3. The maximum absolute atomic E-state index is 5.90. The van der Waals surface area contributed by atoms with Crippen molar-refractivity contribution in [2.75, 3.05) is 20.3 Å². The highest BCUT2D eigenvalue weighted by Gasteiger charge is 2.19. The lowest BCUT2D eigenvalue weighted by molar-refractivity contribution is 0.139. The van der Waals surface area contributed by atoms with Gasteiger partial charge in [0.05, 0.1) is 25.8 Å². The van der Waals surface area contributed by atoms with Crippen LogP contribution in [-0.4, -0.2) is 36.4 Å². The lowest BCUT2D eigenvalue weighted by Gasteiger charge is -2.15. The molecule has 0 bridgehead atoms. The Morgan fingerprint density at radius 1 is 1.33 bits per heavy atom. The molecule has 0 saturated carbocycles. The van der Waals surface area contributed by atoms with Crippen LogP contribution in [0.4, 0.5) is 0 Å². The van der Waals surface area contributed by atoms with Crippen molar-refractivity contribution in [2.45, 2.75) is 12.5 Å². The van der Waals surface area contributed by atoms with E-state index in [4.69, 9.17) is 14.2 Å². The van der Waals surface area contributed by atoms with E-state index in [0.29, 0.717) is 18.1 Å². The fraction of sp³-hybridized carbons (Fsp3) is 0.385. The van der Waals surface area contributed by atoms with Crippen LogP contribution in [0.5, 0.6) is 11.5 Å². The average molecular weight is 246 g/mol. The Bertz CT molecular complexity index is 553. The van der Waals surface area contributed by atoms with E-state index < -0.39 is 0 Å². The number of nitrogens with zero attached hydrogens (tertiary/aromatic N) is 2. The van der Waals surface area contributed by atoms with Crippen molar-refractivity contribution in [2.24, 2.45) is 0 Å². The Labute approximate surface area is 105 Å². The summed E-state index contributed by atoms with van der Waals surface area (Å²) in [6.45, 7) is 1.38. The van der Waals surface area contributed by atoms with Crippen LogP contribution in [0.1, 0.15) is 6.42 Å². The number of benzene rings is 1. The highest BCUT2D eigenvalue weighted by atomic mass is 16.6. The molecule has 0 N–H and O–H groups in total. The predicted molar refractivity (Wildman–Crippen MR) is 65.9 cm³/mol. The van der Waals surface area contributed by atoms with Crippen LogP contribution in [0, 0.1) is 0 Å². The molecular formula is C13H14N2O3. The van der Waals surface area contributed by atoms with Crippen LogP contribution >= 0.6 is 0 Å². The van der Waals surface area contributed by atoms with Gasteiger partial charge in [-0.2, -0.15) is 0 Å². The molecule has 5 nitrogen and oxygen atoms in total. The average Bonchev–Trinajstić information content (AvgIpc) is 2.91. The molecule has 1 atom stereocenters. The van der Waals surface area contributed by atoms with E-state index in [0.717, 1.165) is 23.9 Å². The molecule has 0 radical (unpaired) electrons. The highest BCUT2D eigenvalue weighted by molar-refractivity contribution is 5.81. The van der Waals surface area contributed by atoms with E-state index in [1.54, 1.807) is 13.3 Å². The van der Waals surface area contributed by atoms with Crippen LogP contribution in [0.15, 0.2) is 24.7 Å². The summed E-state index contributed by atoms with van der Waals surface area (Å²) in [5.41, 5.74) is 0.847.